The molecule has 0 aliphatic carbocycles. The van der Waals surface area contributed by atoms with Crippen LogP contribution in [0.1, 0.15) is 37.6 Å². The van der Waals surface area contributed by atoms with Gasteiger partial charge in [0.2, 0.25) is 0 Å². The summed E-state index contributed by atoms with van der Waals surface area (Å²) in [7, 11) is -3.10. The molecule has 0 atom stereocenters. The van der Waals surface area contributed by atoms with E-state index in [-0.39, 0.29) is 56.8 Å². The first kappa shape index (κ1) is 23.9. The molecule has 0 saturated carbocycles. The Balaban J connectivity index is 1.72. The van der Waals surface area contributed by atoms with Gasteiger partial charge in [-0.25, -0.2) is 21.6 Å². The van der Waals surface area contributed by atoms with Crippen LogP contribution in [0.3, 0.4) is 0 Å². The van der Waals surface area contributed by atoms with Crippen LogP contribution in [0, 0.1) is 12.7 Å². The van der Waals surface area contributed by atoms with E-state index < -0.39 is 21.8 Å². The van der Waals surface area contributed by atoms with Crippen LogP contribution in [0.2, 0.25) is 0 Å². The summed E-state index contributed by atoms with van der Waals surface area (Å²) in [5, 5.41) is 0.381. The van der Waals surface area contributed by atoms with Crippen molar-refractivity contribution in [2.45, 2.75) is 24.9 Å². The quantitative estimate of drug-likeness (QED) is 0.295. The molecule has 5 aromatic rings. The Kier molecular flexibility index (Phi) is 5.39. The van der Waals surface area contributed by atoms with Crippen molar-refractivity contribution in [2.24, 2.45) is 0 Å². The second kappa shape index (κ2) is 8.56. The van der Waals surface area contributed by atoms with Crippen molar-refractivity contribution in [3.8, 4) is 0 Å². The first-order chi connectivity index (χ1) is 18.2. The molecule has 6 rings (SSSR count). The predicted octanol–water partition coefficient (Wildman–Crippen LogP) is 5.01. The zero-order valence-electron chi connectivity index (χ0n) is 20.4. The van der Waals surface area contributed by atoms with Gasteiger partial charge in [0.1, 0.15) is 11.6 Å². The van der Waals surface area contributed by atoms with E-state index in [4.69, 9.17) is 9.15 Å². The number of halogens is 1. The van der Waals surface area contributed by atoms with Crippen LogP contribution in [-0.4, -0.2) is 36.3 Å². The molecule has 3 aromatic carbocycles. The Hall–Kier alpha value is -4.44. The SMILES string of the molecule is COC(=O)c1cc2c(c3c4cc(F)ccc4n(S(=O)(=O)c4cccc(C)c4)c13)C(=O)N(Cc1ccco1)C2. The van der Waals surface area contributed by atoms with E-state index >= 15 is 0 Å². The number of aromatic nitrogens is 1. The van der Waals surface area contributed by atoms with E-state index in [9.17, 15) is 22.4 Å². The highest BCUT2D eigenvalue weighted by molar-refractivity contribution is 7.90. The van der Waals surface area contributed by atoms with Gasteiger partial charge in [0.05, 0.1) is 47.0 Å². The molecule has 192 valence electrons. The highest BCUT2D eigenvalue weighted by Gasteiger charge is 2.37. The highest BCUT2D eigenvalue weighted by Crippen LogP contribution is 2.41. The van der Waals surface area contributed by atoms with Crippen LogP contribution in [0.15, 0.2) is 76.2 Å². The van der Waals surface area contributed by atoms with Gasteiger partial charge >= 0.3 is 5.97 Å². The summed E-state index contributed by atoms with van der Waals surface area (Å²) in [5.74, 6) is -1.21. The number of carbonyl (C=O) groups is 2. The maximum absolute atomic E-state index is 14.6. The number of furan rings is 1. The first-order valence-corrected chi connectivity index (χ1v) is 13.2. The molecule has 8 nitrogen and oxygen atoms in total. The lowest BCUT2D eigenvalue weighted by molar-refractivity contribution is 0.0602. The lowest BCUT2D eigenvalue weighted by Gasteiger charge is -2.13. The molecule has 1 aliphatic heterocycles. The summed E-state index contributed by atoms with van der Waals surface area (Å²) in [4.78, 5) is 28.3. The molecule has 1 aliphatic rings. The Morgan fingerprint density at radius 3 is 2.63 bits per heavy atom. The molecule has 2 aromatic heterocycles. The molecule has 38 heavy (non-hydrogen) atoms. The Labute approximate surface area is 216 Å². The number of aryl methyl sites for hydroxylation is 1. The zero-order chi connectivity index (χ0) is 26.8. The van der Waals surface area contributed by atoms with Gasteiger partial charge in [-0.3, -0.25) is 4.79 Å². The van der Waals surface area contributed by atoms with Crippen molar-refractivity contribution in [1.82, 2.24) is 8.87 Å². The van der Waals surface area contributed by atoms with Crippen molar-refractivity contribution in [2.75, 3.05) is 7.11 Å². The van der Waals surface area contributed by atoms with Crippen LogP contribution in [0.5, 0.6) is 0 Å². The lowest BCUT2D eigenvalue weighted by Crippen LogP contribution is -2.23. The zero-order valence-corrected chi connectivity index (χ0v) is 21.2. The first-order valence-electron chi connectivity index (χ1n) is 11.7. The summed E-state index contributed by atoms with van der Waals surface area (Å²) in [6.07, 6.45) is 1.50. The number of hydrogen-bond donors (Lipinski definition) is 0. The third kappa shape index (κ3) is 3.52. The lowest BCUT2D eigenvalue weighted by atomic mass is 9.98. The van der Waals surface area contributed by atoms with Crippen molar-refractivity contribution >= 4 is 43.7 Å². The van der Waals surface area contributed by atoms with Crippen molar-refractivity contribution < 1.29 is 31.6 Å². The fourth-order valence-corrected chi connectivity index (χ4v) is 6.77. The fourth-order valence-electron chi connectivity index (χ4n) is 5.13. The largest absolute Gasteiger partial charge is 0.467 e. The fraction of sp³-hybridized carbons (Fsp3) is 0.143. The number of benzene rings is 3. The summed E-state index contributed by atoms with van der Waals surface area (Å²) in [5.41, 5.74) is 1.50. The average Bonchev–Trinajstić information content (AvgIpc) is 3.60. The molecule has 3 heterocycles. The number of methoxy groups -OCH3 is 1. The molecule has 0 spiro atoms. The standard InChI is InChI=1S/C28H21FN2O6S/c1-16-5-3-7-20(11-16)38(34,35)31-23-9-8-18(29)13-21(23)25-24-17(12-22(26(25)31)28(33)36-2)14-30(27(24)32)15-19-6-4-10-37-19/h3-13H,14-15H2,1-2H3. The Morgan fingerprint density at radius 2 is 1.92 bits per heavy atom. The van der Waals surface area contributed by atoms with Gasteiger partial charge in [0, 0.05) is 17.3 Å². The summed E-state index contributed by atoms with van der Waals surface area (Å²) in [6.45, 7) is 2.09. The summed E-state index contributed by atoms with van der Waals surface area (Å²) >= 11 is 0. The van der Waals surface area contributed by atoms with Crippen LogP contribution < -0.4 is 0 Å². The highest BCUT2D eigenvalue weighted by atomic mass is 32.2. The molecule has 0 fully saturated rings. The number of carbonyl (C=O) groups excluding carboxylic acids is 2. The van der Waals surface area contributed by atoms with Gasteiger partial charge in [-0.05, 0) is 66.6 Å². The smallest absolute Gasteiger partial charge is 0.340 e. The molecule has 10 heteroatoms. The normalized spacial score (nSPS) is 13.4. The van der Waals surface area contributed by atoms with E-state index in [2.05, 4.69) is 0 Å². The molecule has 0 saturated heterocycles. The monoisotopic (exact) mass is 532 g/mol. The number of hydrogen-bond acceptors (Lipinski definition) is 6. The minimum atomic E-state index is -4.29. The van der Waals surface area contributed by atoms with E-state index in [1.54, 1.807) is 31.2 Å². The van der Waals surface area contributed by atoms with Crippen LogP contribution in [0.25, 0.3) is 21.8 Å². The minimum absolute atomic E-state index is 0.0114. The maximum atomic E-state index is 14.6. The molecule has 0 N–H and O–H groups in total. The second-order valence-electron chi connectivity index (χ2n) is 9.16. The maximum Gasteiger partial charge on any atom is 0.340 e. The van der Waals surface area contributed by atoms with Gasteiger partial charge in [0.15, 0.2) is 0 Å². The third-order valence-electron chi connectivity index (χ3n) is 6.75. The van der Waals surface area contributed by atoms with E-state index in [0.29, 0.717) is 11.3 Å². The van der Waals surface area contributed by atoms with Crippen molar-refractivity contribution in [3.05, 3.63) is 101 Å². The molecular formula is C28H21FN2O6S. The number of fused-ring (bicyclic) bond motifs is 5. The van der Waals surface area contributed by atoms with Crippen LogP contribution in [-0.2, 0) is 27.8 Å². The number of ether oxygens (including phenoxy) is 1. The van der Waals surface area contributed by atoms with Gasteiger partial charge in [-0.2, -0.15) is 0 Å². The van der Waals surface area contributed by atoms with Crippen LogP contribution >= 0.6 is 0 Å². The minimum Gasteiger partial charge on any atom is -0.467 e. The number of amides is 1. The summed E-state index contributed by atoms with van der Waals surface area (Å²) in [6, 6.07) is 14.9. The van der Waals surface area contributed by atoms with Crippen molar-refractivity contribution in [3.63, 3.8) is 0 Å². The number of rotatable bonds is 5. The van der Waals surface area contributed by atoms with Crippen LogP contribution in [0.4, 0.5) is 4.39 Å². The molecule has 0 unspecified atom stereocenters. The predicted molar refractivity (Wildman–Crippen MR) is 137 cm³/mol. The van der Waals surface area contributed by atoms with E-state index in [1.165, 1.54) is 48.6 Å². The second-order valence-corrected chi connectivity index (χ2v) is 10.9. The van der Waals surface area contributed by atoms with E-state index in [1.807, 2.05) is 0 Å². The number of esters is 1. The molecule has 1 amide bonds. The van der Waals surface area contributed by atoms with Gasteiger partial charge in [0.25, 0.3) is 15.9 Å². The molecule has 0 bridgehead atoms. The Morgan fingerprint density at radius 1 is 1.11 bits per heavy atom. The van der Waals surface area contributed by atoms with Gasteiger partial charge in [-0.15, -0.1) is 0 Å². The van der Waals surface area contributed by atoms with Gasteiger partial charge in [-0.1, -0.05) is 12.1 Å². The summed E-state index contributed by atoms with van der Waals surface area (Å²) < 4.78 is 54.2. The number of nitrogens with zero attached hydrogens (tertiary/aromatic N) is 2. The average molecular weight is 533 g/mol. The molecule has 0 radical (unpaired) electrons. The topological polar surface area (TPSA) is 98.8 Å². The third-order valence-corrected chi connectivity index (χ3v) is 8.46. The molecular weight excluding hydrogens is 511 g/mol. The van der Waals surface area contributed by atoms with E-state index in [0.717, 1.165) is 15.6 Å². The van der Waals surface area contributed by atoms with Crippen molar-refractivity contribution in [1.29, 1.82) is 0 Å². The van der Waals surface area contributed by atoms with Gasteiger partial charge < -0.3 is 14.1 Å². The Bertz CT molecular complexity index is 1890.